The quantitative estimate of drug-likeness (QED) is 0.385. The van der Waals surface area contributed by atoms with Gasteiger partial charge < -0.3 is 12.4 Å². The standard InChI is InChI=1S/C20H20AsN3O2.ClH/c25-20(21-16-8-9-16)13-24-10-4-5-15(12-24)19-11-17(22-23-19)14-26-18-6-2-1-3-7-18;/h1-7,10-12,16H,8-9,13-14H2,(H,22,23);1H/q+1;/p-1. The average Bonchev–Trinajstić information content (AvgIpc) is 3.34. The van der Waals surface area contributed by atoms with Crippen LogP contribution in [0.2, 0.25) is 4.71 Å². The Bertz CT molecular complexity index is 897. The molecule has 7 heteroatoms. The van der Waals surface area contributed by atoms with Crippen LogP contribution in [0.25, 0.3) is 11.3 Å². The van der Waals surface area contributed by atoms with E-state index in [2.05, 4.69) is 10.2 Å². The molecule has 1 aromatic carbocycles. The molecule has 0 bridgehead atoms. The molecule has 0 aliphatic heterocycles. The van der Waals surface area contributed by atoms with E-state index in [1.807, 2.05) is 65.5 Å². The SMILES string of the molecule is O=C(C[n+]1cccc(-c2cc(COc3ccccc3)[nH]n2)c1)[As]C1CC1.[Cl-]. The van der Waals surface area contributed by atoms with E-state index >= 15 is 0 Å². The number of nitrogens with one attached hydrogen (secondary N) is 1. The first-order valence-electron chi connectivity index (χ1n) is 8.71. The largest absolute Gasteiger partial charge is 1.00 e. The van der Waals surface area contributed by atoms with Crippen LogP contribution in [-0.4, -0.2) is 30.5 Å². The van der Waals surface area contributed by atoms with Crippen molar-refractivity contribution >= 4 is 20.3 Å². The molecule has 0 saturated heterocycles. The maximum Gasteiger partial charge on any atom is -1.00 e. The number of ether oxygens (including phenoxy) is 1. The van der Waals surface area contributed by atoms with Crippen molar-refractivity contribution in [1.29, 1.82) is 0 Å². The molecule has 0 amide bonds. The summed E-state index contributed by atoms with van der Waals surface area (Å²) >= 11 is -0.150. The second-order valence-corrected chi connectivity index (χ2v) is 9.52. The van der Waals surface area contributed by atoms with Crippen molar-refractivity contribution in [2.75, 3.05) is 0 Å². The van der Waals surface area contributed by atoms with Gasteiger partial charge in [-0.2, -0.15) is 0 Å². The van der Waals surface area contributed by atoms with Crippen LogP contribution < -0.4 is 21.7 Å². The summed E-state index contributed by atoms with van der Waals surface area (Å²) in [6.45, 7) is 0.909. The number of pyridine rings is 1. The van der Waals surface area contributed by atoms with Gasteiger partial charge in [-0.25, -0.2) is 0 Å². The molecule has 2 heterocycles. The summed E-state index contributed by atoms with van der Waals surface area (Å²) in [4.78, 5) is 12.1. The van der Waals surface area contributed by atoms with Gasteiger partial charge in [0, 0.05) is 0 Å². The van der Waals surface area contributed by atoms with Crippen LogP contribution in [0.4, 0.5) is 0 Å². The Kier molecular flexibility index (Phi) is 6.70. The molecule has 0 unspecified atom stereocenters. The second-order valence-electron chi connectivity index (χ2n) is 6.40. The number of aromatic nitrogens is 3. The molecule has 1 aliphatic carbocycles. The number of halogens is 1. The van der Waals surface area contributed by atoms with E-state index in [9.17, 15) is 4.79 Å². The van der Waals surface area contributed by atoms with Gasteiger partial charge in [-0.05, 0) is 0 Å². The Balaban J connectivity index is 0.00000210. The molecule has 1 N–H and O–H groups in total. The van der Waals surface area contributed by atoms with Gasteiger partial charge in [0.25, 0.3) is 0 Å². The van der Waals surface area contributed by atoms with Gasteiger partial charge in [0.1, 0.15) is 0 Å². The van der Waals surface area contributed by atoms with Gasteiger partial charge in [0.2, 0.25) is 0 Å². The van der Waals surface area contributed by atoms with Crippen LogP contribution >= 0.6 is 0 Å². The normalized spacial score (nSPS) is 13.5. The second kappa shape index (κ2) is 9.20. The number of rotatable bonds is 8. The van der Waals surface area contributed by atoms with Crippen LogP contribution in [0, 0.1) is 0 Å². The van der Waals surface area contributed by atoms with Crippen molar-refractivity contribution < 1.29 is 26.5 Å². The fourth-order valence-corrected chi connectivity index (χ4v) is 4.86. The van der Waals surface area contributed by atoms with Gasteiger partial charge in [-0.15, -0.1) is 0 Å². The number of para-hydroxylation sites is 1. The summed E-state index contributed by atoms with van der Waals surface area (Å²) in [6, 6.07) is 15.7. The Hall–Kier alpha value is -2.10. The molecule has 1 aliphatic rings. The van der Waals surface area contributed by atoms with Gasteiger partial charge in [0.05, 0.1) is 0 Å². The Morgan fingerprint density at radius 2 is 2.04 bits per heavy atom. The van der Waals surface area contributed by atoms with Crippen molar-refractivity contribution in [3.8, 4) is 17.0 Å². The predicted molar refractivity (Wildman–Crippen MR) is 98.7 cm³/mol. The Morgan fingerprint density at radius 3 is 2.81 bits per heavy atom. The van der Waals surface area contributed by atoms with Crippen LogP contribution in [-0.2, 0) is 17.9 Å². The molecule has 139 valence electrons. The molecule has 0 spiro atoms. The summed E-state index contributed by atoms with van der Waals surface area (Å²) in [5.74, 6) is 0.832. The first kappa shape index (κ1) is 19.7. The predicted octanol–water partition coefficient (Wildman–Crippen LogP) is -0.240. The van der Waals surface area contributed by atoms with E-state index < -0.39 is 0 Å². The minimum absolute atomic E-state index is 0. The number of aromatic amines is 1. The molecule has 27 heavy (non-hydrogen) atoms. The fraction of sp³-hybridized carbons (Fsp3) is 0.250. The van der Waals surface area contributed by atoms with Gasteiger partial charge in [-0.1, -0.05) is 18.2 Å². The van der Waals surface area contributed by atoms with E-state index in [1.165, 1.54) is 12.8 Å². The molecule has 4 rings (SSSR count). The molecule has 0 atom stereocenters. The topological polar surface area (TPSA) is 58.9 Å². The van der Waals surface area contributed by atoms with Crippen molar-refractivity contribution in [3.05, 3.63) is 66.6 Å². The third-order valence-corrected chi connectivity index (χ3v) is 6.86. The van der Waals surface area contributed by atoms with Crippen molar-refractivity contribution in [3.63, 3.8) is 0 Å². The Morgan fingerprint density at radius 1 is 1.22 bits per heavy atom. The summed E-state index contributed by atoms with van der Waals surface area (Å²) in [5, 5.41) is 7.40. The number of carbonyl (C=O) groups excluding carboxylic acids is 1. The molecular formula is C20H20AsClN3O2. The van der Waals surface area contributed by atoms with Crippen LogP contribution in [0.1, 0.15) is 18.5 Å². The molecule has 1 saturated carbocycles. The molecule has 2 aromatic heterocycles. The van der Waals surface area contributed by atoms with Crippen molar-refractivity contribution in [2.24, 2.45) is 0 Å². The van der Waals surface area contributed by atoms with Gasteiger partial charge >= 0.3 is 141 Å². The van der Waals surface area contributed by atoms with E-state index in [0.717, 1.165) is 27.4 Å². The number of benzene rings is 1. The number of hydrogen-bond acceptors (Lipinski definition) is 3. The minimum Gasteiger partial charge on any atom is -1.00 e. The van der Waals surface area contributed by atoms with Crippen LogP contribution in [0.5, 0.6) is 5.75 Å². The van der Waals surface area contributed by atoms with Gasteiger partial charge in [0.15, 0.2) is 0 Å². The molecule has 5 nitrogen and oxygen atoms in total. The minimum atomic E-state index is -0.150. The molecule has 1 radical (unpaired) electrons. The van der Waals surface area contributed by atoms with Gasteiger partial charge in [-0.3, -0.25) is 0 Å². The van der Waals surface area contributed by atoms with Crippen LogP contribution in [0.15, 0.2) is 60.9 Å². The van der Waals surface area contributed by atoms with Crippen LogP contribution in [0.3, 0.4) is 0 Å². The molecular weight excluding hydrogens is 425 g/mol. The third kappa shape index (κ3) is 5.69. The maximum absolute atomic E-state index is 12.1. The molecule has 1 fully saturated rings. The van der Waals surface area contributed by atoms with E-state index in [-0.39, 0.29) is 28.2 Å². The maximum atomic E-state index is 12.1. The number of hydrogen-bond donors (Lipinski definition) is 1. The molecule has 3 aromatic rings. The van der Waals surface area contributed by atoms with Crippen molar-refractivity contribution in [2.45, 2.75) is 30.7 Å². The van der Waals surface area contributed by atoms with E-state index in [4.69, 9.17) is 4.74 Å². The monoisotopic (exact) mass is 444 g/mol. The first-order valence-corrected chi connectivity index (χ1v) is 10.7. The number of H-pyrrole nitrogens is 1. The zero-order chi connectivity index (χ0) is 17.8. The van der Waals surface area contributed by atoms with E-state index in [0.29, 0.717) is 17.7 Å². The zero-order valence-corrected chi connectivity index (χ0v) is 17.3. The summed E-state index contributed by atoms with van der Waals surface area (Å²) < 4.78 is 8.82. The number of nitrogens with zero attached hydrogens (tertiary/aromatic N) is 2. The Labute approximate surface area is 171 Å². The average molecular weight is 445 g/mol. The smallest absolute Gasteiger partial charge is 1.00 e. The summed E-state index contributed by atoms with van der Waals surface area (Å²) in [5.41, 5.74) is 2.76. The van der Waals surface area contributed by atoms with Crippen molar-refractivity contribution in [1.82, 2.24) is 10.2 Å². The third-order valence-electron chi connectivity index (χ3n) is 4.11. The summed E-state index contributed by atoms with van der Waals surface area (Å²) in [6.07, 6.45) is 6.43. The number of carbonyl (C=O) groups is 1. The fourth-order valence-electron chi connectivity index (χ4n) is 2.64. The zero-order valence-electron chi connectivity index (χ0n) is 14.7. The van der Waals surface area contributed by atoms with E-state index in [1.54, 1.807) is 0 Å². The first-order chi connectivity index (χ1) is 12.8. The summed E-state index contributed by atoms with van der Waals surface area (Å²) in [7, 11) is 0.